The fraction of sp³-hybridized carbons (Fsp3) is 0.902. The molecule has 18 atom stereocenters. The number of hydrogen-bond acceptors (Lipinski definition) is 11. The molecule has 0 spiro atoms. The highest BCUT2D eigenvalue weighted by molar-refractivity contribution is 7.46. The standard InChI is InChI=1S/C61H109N5O14P2/c1-19-38(6)52(65(16)56(70)50(36(2)3)63-55(69)51(37(4)5)64(14)15)44(77-17)33-48(67)66-32-20-21-43(66)53(78-18)40(8)54(68)62-34-39(7)41-24-29-61(35-79-81(71,72)73)31-30-59(12)42(49(41)61)22-23-46-58(11)27-26-47(80-82(74,75)76)57(9,10)45(58)25-28-60(46,59)13/h36-38,40-47,49-53H,7,19-35H2,1-6,8-18H3,(H,62,68)(H,63,69)(H2,71,72,73)(H2,74,75,76)/t38-,40+,41-,42?,43?,44+,45-,46?,47-,49+,50-,51-,52-,53+,58-,59+,60+,61+/m0/s1. The smallest absolute Gasteiger partial charge is 0.379 e. The molecular formula is C61H109N5O14P2. The van der Waals surface area contributed by atoms with Gasteiger partial charge in [-0.1, -0.05) is 102 Å². The summed E-state index contributed by atoms with van der Waals surface area (Å²) in [6.45, 7) is 30.6. The fourth-order valence-electron chi connectivity index (χ4n) is 18.9. The molecule has 82 heavy (non-hydrogen) atoms. The number of rotatable bonds is 25. The molecule has 0 bridgehead atoms. The van der Waals surface area contributed by atoms with Crippen LogP contribution in [-0.2, 0) is 46.8 Å². The molecule has 472 valence electrons. The number of ether oxygens (including phenoxy) is 2. The zero-order valence-electron chi connectivity index (χ0n) is 53.1. The minimum atomic E-state index is -4.80. The summed E-state index contributed by atoms with van der Waals surface area (Å²) in [5.41, 5.74) is -0.426. The molecule has 1 saturated heterocycles. The maximum absolute atomic E-state index is 14.7. The number of phosphoric ester groups is 2. The number of hydrogen-bond donors (Lipinski definition) is 6. The predicted octanol–water partition coefficient (Wildman–Crippen LogP) is 8.97. The number of nitrogens with one attached hydrogen (secondary N) is 2. The van der Waals surface area contributed by atoms with Crippen molar-refractivity contribution < 1.29 is 66.4 Å². The Morgan fingerprint density at radius 2 is 1.43 bits per heavy atom. The van der Waals surface area contributed by atoms with Gasteiger partial charge in [0.05, 0.1) is 55.4 Å². The van der Waals surface area contributed by atoms with Crippen molar-refractivity contribution in [2.24, 2.45) is 80.3 Å². The van der Waals surface area contributed by atoms with E-state index in [4.69, 9.17) is 18.5 Å². The monoisotopic (exact) mass is 1200 g/mol. The van der Waals surface area contributed by atoms with Gasteiger partial charge in [-0.25, -0.2) is 9.13 Å². The van der Waals surface area contributed by atoms with E-state index in [9.17, 15) is 47.9 Å². The SMILES string of the molecule is C=C(CNC(=O)[C@H](C)[C@@H](OC)C1CCCN1C(=O)C[C@@H](OC)[C@H]([C@@H](C)CC)N(C)C(=O)[C@@H](NC(=O)[C@H](C(C)C)N(C)C)C(C)C)[C@@H]1CC[C@]2(COP(=O)(O)O)CC[C@]3(C)C(CCC4[C@@]5(C)CC[C@H](OP(=O)(O)O)C(C)(C)[C@@H]5CC[C@]43C)[C@@H]12. The predicted molar refractivity (Wildman–Crippen MR) is 316 cm³/mol. The molecule has 5 saturated carbocycles. The van der Waals surface area contributed by atoms with Gasteiger partial charge < -0.3 is 49.5 Å². The maximum Gasteiger partial charge on any atom is 0.469 e. The molecule has 0 aromatic carbocycles. The first-order valence-corrected chi connectivity index (χ1v) is 34.0. The molecule has 3 unspecified atom stereocenters. The van der Waals surface area contributed by atoms with Gasteiger partial charge in [-0.15, -0.1) is 0 Å². The van der Waals surface area contributed by atoms with E-state index in [0.717, 1.165) is 63.4 Å². The van der Waals surface area contributed by atoms with Crippen LogP contribution in [0.1, 0.15) is 173 Å². The van der Waals surface area contributed by atoms with Crippen LogP contribution in [0, 0.1) is 80.3 Å². The Balaban J connectivity index is 1.16. The highest BCUT2D eigenvalue weighted by Gasteiger charge is 2.71. The zero-order valence-corrected chi connectivity index (χ0v) is 54.9. The third kappa shape index (κ3) is 13.6. The van der Waals surface area contributed by atoms with Crippen molar-refractivity contribution >= 4 is 39.3 Å². The number of phosphoric acid groups is 2. The second-order valence-electron chi connectivity index (χ2n) is 28.8. The first-order valence-electron chi connectivity index (χ1n) is 30.9. The van der Waals surface area contributed by atoms with E-state index >= 15 is 0 Å². The second kappa shape index (κ2) is 26.2. The first kappa shape index (κ1) is 68.8. The van der Waals surface area contributed by atoms with E-state index in [-0.39, 0.29) is 101 Å². The van der Waals surface area contributed by atoms with Crippen molar-refractivity contribution in [3.63, 3.8) is 0 Å². The number of methoxy groups -OCH3 is 2. The van der Waals surface area contributed by atoms with Gasteiger partial charge in [0.25, 0.3) is 0 Å². The van der Waals surface area contributed by atoms with E-state index in [1.165, 1.54) is 0 Å². The summed E-state index contributed by atoms with van der Waals surface area (Å²) < 4.78 is 47.8. The van der Waals surface area contributed by atoms with Crippen LogP contribution in [0.2, 0.25) is 0 Å². The normalized spacial score (nSPS) is 34.4. The topological polar surface area (TPSA) is 254 Å². The number of fused-ring (bicyclic) bond motifs is 7. The number of likely N-dealkylation sites (tertiary alicyclic amines) is 1. The number of likely N-dealkylation sites (N-methyl/N-ethyl adjacent to an activating group) is 2. The fourth-order valence-corrected chi connectivity index (χ4v) is 20.0. The van der Waals surface area contributed by atoms with Gasteiger partial charge in [0, 0.05) is 34.4 Å². The van der Waals surface area contributed by atoms with Gasteiger partial charge >= 0.3 is 15.6 Å². The molecule has 6 rings (SSSR count). The summed E-state index contributed by atoms with van der Waals surface area (Å²) in [7, 11) is -0.917. The van der Waals surface area contributed by atoms with Gasteiger partial charge in [0.15, 0.2) is 0 Å². The third-order valence-electron chi connectivity index (χ3n) is 23.3. The van der Waals surface area contributed by atoms with Crippen molar-refractivity contribution in [3.8, 4) is 0 Å². The van der Waals surface area contributed by atoms with Crippen LogP contribution in [-0.4, -0.2) is 155 Å². The molecule has 6 fully saturated rings. The van der Waals surface area contributed by atoms with E-state index < -0.39 is 74.9 Å². The first-order chi connectivity index (χ1) is 37.9. The van der Waals surface area contributed by atoms with E-state index in [0.29, 0.717) is 38.1 Å². The van der Waals surface area contributed by atoms with E-state index in [1.54, 1.807) is 26.2 Å². The average molecular weight is 1200 g/mol. The number of nitrogens with zero attached hydrogens (tertiary/aromatic N) is 3. The number of carbonyl (C=O) groups excluding carboxylic acids is 4. The Labute approximate surface area is 492 Å². The largest absolute Gasteiger partial charge is 0.469 e. The highest BCUT2D eigenvalue weighted by Crippen LogP contribution is 2.78. The third-order valence-corrected chi connectivity index (χ3v) is 24.3. The summed E-state index contributed by atoms with van der Waals surface area (Å²) in [6.07, 6.45) is 8.34. The Kier molecular flexibility index (Phi) is 22.0. The number of carbonyl (C=O) groups is 4. The molecule has 21 heteroatoms. The quantitative estimate of drug-likeness (QED) is 0.0368. The van der Waals surface area contributed by atoms with Gasteiger partial charge in [-0.2, -0.15) is 0 Å². The van der Waals surface area contributed by atoms with Crippen LogP contribution in [0.4, 0.5) is 0 Å². The lowest BCUT2D eigenvalue weighted by atomic mass is 9.32. The van der Waals surface area contributed by atoms with Gasteiger partial charge in [0.2, 0.25) is 23.6 Å². The van der Waals surface area contributed by atoms with E-state index in [1.807, 2.05) is 72.4 Å². The summed E-state index contributed by atoms with van der Waals surface area (Å²) in [4.78, 5) is 103. The summed E-state index contributed by atoms with van der Waals surface area (Å²) in [6, 6.07) is -2.13. The van der Waals surface area contributed by atoms with Crippen LogP contribution in [0.5, 0.6) is 0 Å². The van der Waals surface area contributed by atoms with Gasteiger partial charge in [-0.3, -0.25) is 33.1 Å². The molecule has 6 aliphatic rings. The second-order valence-corrected chi connectivity index (χ2v) is 31.2. The molecule has 19 nitrogen and oxygen atoms in total. The van der Waals surface area contributed by atoms with Crippen molar-refractivity contribution in [2.45, 2.75) is 215 Å². The van der Waals surface area contributed by atoms with Crippen molar-refractivity contribution in [2.75, 3.05) is 55.1 Å². The summed E-state index contributed by atoms with van der Waals surface area (Å²) >= 11 is 0. The molecule has 1 heterocycles. The Bertz CT molecular complexity index is 2370. The maximum atomic E-state index is 14.7. The average Bonchev–Trinajstić information content (AvgIpc) is 1.35. The molecule has 0 aromatic rings. The van der Waals surface area contributed by atoms with Crippen LogP contribution >= 0.6 is 15.6 Å². The molecular weight excluding hydrogens is 1090 g/mol. The van der Waals surface area contributed by atoms with Crippen molar-refractivity contribution in [3.05, 3.63) is 12.2 Å². The van der Waals surface area contributed by atoms with Crippen molar-refractivity contribution in [1.82, 2.24) is 25.3 Å². The summed E-state index contributed by atoms with van der Waals surface area (Å²) in [5.74, 6) is -1.12. The molecule has 0 aromatic heterocycles. The Morgan fingerprint density at radius 3 is 1.99 bits per heavy atom. The minimum Gasteiger partial charge on any atom is -0.379 e. The summed E-state index contributed by atoms with van der Waals surface area (Å²) in [5, 5.41) is 6.28. The lowest BCUT2D eigenvalue weighted by Gasteiger charge is -2.73. The number of amides is 4. The van der Waals surface area contributed by atoms with Crippen LogP contribution in [0.25, 0.3) is 0 Å². The molecule has 0 radical (unpaired) electrons. The van der Waals surface area contributed by atoms with Crippen molar-refractivity contribution in [1.29, 1.82) is 0 Å². The molecule has 1 aliphatic heterocycles. The van der Waals surface area contributed by atoms with Gasteiger partial charge in [0.1, 0.15) is 6.04 Å². The van der Waals surface area contributed by atoms with Crippen LogP contribution < -0.4 is 10.6 Å². The lowest BCUT2D eigenvalue weighted by Crippen LogP contribution is -2.67. The molecule has 6 N–H and O–H groups in total. The lowest BCUT2D eigenvalue weighted by molar-refractivity contribution is -0.248. The minimum absolute atomic E-state index is 0.00616. The molecule has 4 amide bonds. The van der Waals surface area contributed by atoms with E-state index in [2.05, 4.69) is 51.8 Å². The van der Waals surface area contributed by atoms with Crippen LogP contribution in [0.3, 0.4) is 0 Å². The van der Waals surface area contributed by atoms with Crippen LogP contribution in [0.15, 0.2) is 12.2 Å². The Morgan fingerprint density at radius 1 is 0.768 bits per heavy atom. The van der Waals surface area contributed by atoms with Gasteiger partial charge in [-0.05, 0) is 166 Å². The highest BCUT2D eigenvalue weighted by atomic mass is 31.2. The zero-order chi connectivity index (χ0) is 61.6. The molecule has 5 aliphatic carbocycles. The Hall–Kier alpha value is -2.28.